The van der Waals surface area contributed by atoms with Crippen molar-refractivity contribution in [3.8, 4) is 16.9 Å². The van der Waals surface area contributed by atoms with Gasteiger partial charge in [0, 0.05) is 30.5 Å². The molecule has 0 amide bonds. The molecule has 100 valence electrons. The van der Waals surface area contributed by atoms with Gasteiger partial charge in [-0.15, -0.1) is 0 Å². The summed E-state index contributed by atoms with van der Waals surface area (Å²) in [6, 6.07) is 4.82. The number of ether oxygens (including phenoxy) is 1. The molecule has 0 aliphatic carbocycles. The topological polar surface area (TPSA) is 47.3 Å². The van der Waals surface area contributed by atoms with E-state index < -0.39 is 5.82 Å². The molecule has 0 atom stereocenters. The fourth-order valence-corrected chi connectivity index (χ4v) is 2.37. The highest BCUT2D eigenvalue weighted by Gasteiger charge is 2.18. The van der Waals surface area contributed by atoms with Gasteiger partial charge in [0.25, 0.3) is 0 Å². The summed E-state index contributed by atoms with van der Waals surface area (Å²) in [6.45, 7) is 1.48. The number of phenols is 1. The molecule has 3 rings (SSSR count). The predicted octanol–water partition coefficient (Wildman–Crippen LogP) is 2.75. The number of rotatable bonds is 2. The molecule has 1 N–H and O–H groups in total. The Morgan fingerprint density at radius 2 is 2.11 bits per heavy atom. The Morgan fingerprint density at radius 1 is 1.32 bits per heavy atom. The summed E-state index contributed by atoms with van der Waals surface area (Å²) in [5.74, 6) is -0.939. The van der Waals surface area contributed by atoms with E-state index in [2.05, 4.69) is 5.10 Å². The van der Waals surface area contributed by atoms with Crippen LogP contribution in [0.2, 0.25) is 0 Å². The molecule has 5 heteroatoms. The normalized spacial score (nSPS) is 16.7. The van der Waals surface area contributed by atoms with Gasteiger partial charge in [0.15, 0.2) is 11.6 Å². The summed E-state index contributed by atoms with van der Waals surface area (Å²) >= 11 is 0. The fraction of sp³-hybridized carbons (Fsp3) is 0.357. The standard InChI is InChI=1S/C14H15FN2O2/c15-13-3-1-2-12(14(13)18)10-8-16-17(9-10)11-4-6-19-7-5-11/h1-3,8-9,11,18H,4-7H2. The zero-order chi connectivity index (χ0) is 13.2. The second kappa shape index (κ2) is 5.01. The maximum absolute atomic E-state index is 13.3. The zero-order valence-corrected chi connectivity index (χ0v) is 10.4. The van der Waals surface area contributed by atoms with E-state index in [0.29, 0.717) is 11.6 Å². The lowest BCUT2D eigenvalue weighted by molar-refractivity contribution is 0.0662. The minimum Gasteiger partial charge on any atom is -0.504 e. The highest BCUT2D eigenvalue weighted by atomic mass is 19.1. The van der Waals surface area contributed by atoms with E-state index in [-0.39, 0.29) is 5.75 Å². The number of hydrogen-bond donors (Lipinski definition) is 1. The van der Waals surface area contributed by atoms with Crippen molar-refractivity contribution in [2.45, 2.75) is 18.9 Å². The molecular weight excluding hydrogens is 247 g/mol. The van der Waals surface area contributed by atoms with Gasteiger partial charge in [-0.2, -0.15) is 5.10 Å². The van der Waals surface area contributed by atoms with Gasteiger partial charge in [-0.25, -0.2) is 4.39 Å². The van der Waals surface area contributed by atoms with Gasteiger partial charge >= 0.3 is 0 Å². The van der Waals surface area contributed by atoms with Crippen LogP contribution in [0.3, 0.4) is 0 Å². The first-order valence-corrected chi connectivity index (χ1v) is 6.35. The van der Waals surface area contributed by atoms with Crippen LogP contribution in [0.15, 0.2) is 30.6 Å². The van der Waals surface area contributed by atoms with E-state index in [1.54, 1.807) is 18.3 Å². The third-order valence-corrected chi connectivity index (χ3v) is 3.46. The number of phenolic OH excluding ortho intramolecular Hbond substituents is 1. The van der Waals surface area contributed by atoms with Crippen molar-refractivity contribution in [2.75, 3.05) is 13.2 Å². The summed E-state index contributed by atoms with van der Waals surface area (Å²) in [6.07, 6.45) is 5.36. The first-order chi connectivity index (χ1) is 9.25. The molecule has 4 nitrogen and oxygen atoms in total. The average molecular weight is 262 g/mol. The van der Waals surface area contributed by atoms with E-state index in [4.69, 9.17) is 4.74 Å². The zero-order valence-electron chi connectivity index (χ0n) is 10.4. The SMILES string of the molecule is Oc1c(F)cccc1-c1cnn(C2CCOCC2)c1. The van der Waals surface area contributed by atoms with Crippen LogP contribution >= 0.6 is 0 Å². The molecule has 0 radical (unpaired) electrons. The first kappa shape index (κ1) is 12.2. The lowest BCUT2D eigenvalue weighted by Crippen LogP contribution is -2.19. The number of nitrogens with zero attached hydrogens (tertiary/aromatic N) is 2. The van der Waals surface area contributed by atoms with Crippen molar-refractivity contribution < 1.29 is 14.2 Å². The molecule has 2 aromatic rings. The fourth-order valence-electron chi connectivity index (χ4n) is 2.37. The molecule has 1 aromatic carbocycles. The lowest BCUT2D eigenvalue weighted by Gasteiger charge is -2.22. The predicted molar refractivity (Wildman–Crippen MR) is 68.4 cm³/mol. The van der Waals surface area contributed by atoms with Crippen molar-refractivity contribution in [2.24, 2.45) is 0 Å². The van der Waals surface area contributed by atoms with E-state index in [0.717, 1.165) is 31.6 Å². The van der Waals surface area contributed by atoms with Crippen molar-refractivity contribution in [3.05, 3.63) is 36.4 Å². The van der Waals surface area contributed by atoms with Crippen LogP contribution in [-0.4, -0.2) is 28.1 Å². The van der Waals surface area contributed by atoms with E-state index in [1.165, 1.54) is 6.07 Å². The quantitative estimate of drug-likeness (QED) is 0.905. The van der Waals surface area contributed by atoms with Crippen LogP contribution in [-0.2, 0) is 4.74 Å². The van der Waals surface area contributed by atoms with Gasteiger partial charge in [0.2, 0.25) is 0 Å². The van der Waals surface area contributed by atoms with Crippen molar-refractivity contribution in [3.63, 3.8) is 0 Å². The summed E-state index contributed by atoms with van der Waals surface area (Å²) < 4.78 is 20.5. The summed E-state index contributed by atoms with van der Waals surface area (Å²) in [5, 5.41) is 14.1. The number of aromatic nitrogens is 2. The van der Waals surface area contributed by atoms with Crippen LogP contribution in [0.25, 0.3) is 11.1 Å². The molecule has 1 saturated heterocycles. The number of halogens is 1. The molecule has 19 heavy (non-hydrogen) atoms. The molecule has 0 unspecified atom stereocenters. The Balaban J connectivity index is 1.90. The first-order valence-electron chi connectivity index (χ1n) is 6.35. The number of para-hydroxylation sites is 1. The van der Waals surface area contributed by atoms with Gasteiger partial charge < -0.3 is 9.84 Å². The van der Waals surface area contributed by atoms with E-state index in [1.807, 2.05) is 10.9 Å². The Bertz CT molecular complexity index is 577. The number of hydrogen-bond acceptors (Lipinski definition) is 3. The van der Waals surface area contributed by atoms with Gasteiger partial charge in [-0.1, -0.05) is 12.1 Å². The monoisotopic (exact) mass is 262 g/mol. The average Bonchev–Trinajstić information content (AvgIpc) is 2.92. The van der Waals surface area contributed by atoms with Crippen LogP contribution in [0.1, 0.15) is 18.9 Å². The second-order valence-electron chi connectivity index (χ2n) is 4.69. The molecule has 1 aromatic heterocycles. The van der Waals surface area contributed by atoms with Crippen molar-refractivity contribution in [1.82, 2.24) is 9.78 Å². The van der Waals surface area contributed by atoms with Crippen molar-refractivity contribution >= 4 is 0 Å². The Hall–Kier alpha value is -1.88. The van der Waals surface area contributed by atoms with Crippen LogP contribution in [0, 0.1) is 5.82 Å². The minimum atomic E-state index is -0.615. The lowest BCUT2D eigenvalue weighted by atomic mass is 10.1. The van der Waals surface area contributed by atoms with Crippen molar-refractivity contribution in [1.29, 1.82) is 0 Å². The van der Waals surface area contributed by atoms with Gasteiger partial charge in [-0.3, -0.25) is 4.68 Å². The van der Waals surface area contributed by atoms with E-state index >= 15 is 0 Å². The molecule has 1 aliphatic rings. The van der Waals surface area contributed by atoms with Gasteiger partial charge in [0.1, 0.15) is 0 Å². The van der Waals surface area contributed by atoms with Crippen LogP contribution in [0.4, 0.5) is 4.39 Å². The Morgan fingerprint density at radius 3 is 2.89 bits per heavy atom. The highest BCUT2D eigenvalue weighted by Crippen LogP contribution is 2.32. The largest absolute Gasteiger partial charge is 0.504 e. The third kappa shape index (κ3) is 2.33. The van der Waals surface area contributed by atoms with Crippen LogP contribution < -0.4 is 0 Å². The summed E-state index contributed by atoms with van der Waals surface area (Å²) in [7, 11) is 0. The van der Waals surface area contributed by atoms with E-state index in [9.17, 15) is 9.50 Å². The number of benzene rings is 1. The molecule has 0 bridgehead atoms. The Labute approximate surface area is 110 Å². The molecule has 2 heterocycles. The second-order valence-corrected chi connectivity index (χ2v) is 4.69. The molecule has 0 saturated carbocycles. The molecule has 0 spiro atoms. The smallest absolute Gasteiger partial charge is 0.165 e. The van der Waals surface area contributed by atoms with Gasteiger partial charge in [0.05, 0.1) is 12.2 Å². The molecular formula is C14H15FN2O2. The summed E-state index contributed by atoms with van der Waals surface area (Å²) in [4.78, 5) is 0. The summed E-state index contributed by atoms with van der Waals surface area (Å²) in [5.41, 5.74) is 1.20. The maximum Gasteiger partial charge on any atom is 0.165 e. The third-order valence-electron chi connectivity index (χ3n) is 3.46. The van der Waals surface area contributed by atoms with Crippen LogP contribution in [0.5, 0.6) is 5.75 Å². The minimum absolute atomic E-state index is 0.318. The molecule has 1 aliphatic heterocycles. The number of aromatic hydroxyl groups is 1. The van der Waals surface area contributed by atoms with Gasteiger partial charge in [-0.05, 0) is 18.9 Å². The maximum atomic E-state index is 13.3. The molecule has 1 fully saturated rings. The Kier molecular flexibility index (Phi) is 3.21. The highest BCUT2D eigenvalue weighted by molar-refractivity contribution is 5.68.